The molecule has 0 saturated heterocycles. The molecule has 26 heavy (non-hydrogen) atoms. The normalized spacial score (nSPS) is 33.0. The van der Waals surface area contributed by atoms with Crippen LogP contribution in [0.1, 0.15) is 44.1 Å². The van der Waals surface area contributed by atoms with E-state index in [1.807, 2.05) is 0 Å². The summed E-state index contributed by atoms with van der Waals surface area (Å²) in [5.74, 6) is 2.01. The van der Waals surface area contributed by atoms with Crippen molar-refractivity contribution in [3.63, 3.8) is 0 Å². The van der Waals surface area contributed by atoms with Gasteiger partial charge in [0.1, 0.15) is 0 Å². The van der Waals surface area contributed by atoms with Gasteiger partial charge in [-0.3, -0.25) is 9.89 Å². The maximum absolute atomic E-state index is 13.2. The predicted octanol–water partition coefficient (Wildman–Crippen LogP) is 4.74. The summed E-state index contributed by atoms with van der Waals surface area (Å²) in [5, 5.41) is 9.59. The third kappa shape index (κ3) is 2.36. The number of para-hydroxylation sites is 1. The van der Waals surface area contributed by atoms with E-state index in [1.54, 1.807) is 6.07 Å². The zero-order valence-electron chi connectivity index (χ0n) is 14.2. The molecular formula is C19H20F3N3O. The van der Waals surface area contributed by atoms with Gasteiger partial charge in [-0.15, -0.1) is 0 Å². The second-order valence-electron chi connectivity index (χ2n) is 8.45. The molecule has 4 bridgehead atoms. The number of benzene rings is 1. The minimum Gasteiger partial charge on any atom is -0.308 e. The molecule has 0 atom stereocenters. The molecule has 0 spiro atoms. The van der Waals surface area contributed by atoms with E-state index in [-0.39, 0.29) is 22.7 Å². The summed E-state index contributed by atoms with van der Waals surface area (Å²) in [5.41, 5.74) is -1.21. The highest BCUT2D eigenvalue weighted by molar-refractivity contribution is 6.02. The molecule has 1 heterocycles. The van der Waals surface area contributed by atoms with Gasteiger partial charge >= 0.3 is 6.18 Å². The first-order chi connectivity index (χ1) is 12.3. The van der Waals surface area contributed by atoms with Gasteiger partial charge in [-0.2, -0.15) is 18.3 Å². The molecule has 4 aliphatic carbocycles. The molecule has 138 valence electrons. The first-order valence-corrected chi connectivity index (χ1v) is 9.20. The monoisotopic (exact) mass is 363 g/mol. The standard InChI is InChI=1S/C19H20F3N3O/c20-19(21,22)14-3-1-2-13-15(14)24-25-16(13)23-17(26)18-7-10-4-11(8-18)6-12(5-10)9-18/h1-3,10-12H,4-9H2,(H2,23,24,25,26). The fourth-order valence-corrected chi connectivity index (χ4v) is 6.00. The van der Waals surface area contributed by atoms with Gasteiger partial charge in [0.05, 0.1) is 16.5 Å². The van der Waals surface area contributed by atoms with Crippen LogP contribution in [-0.2, 0) is 11.0 Å². The van der Waals surface area contributed by atoms with Crippen molar-refractivity contribution in [3.05, 3.63) is 23.8 Å². The summed E-state index contributed by atoms with van der Waals surface area (Å²) >= 11 is 0. The number of carbonyl (C=O) groups is 1. The van der Waals surface area contributed by atoms with Crippen molar-refractivity contribution < 1.29 is 18.0 Å². The van der Waals surface area contributed by atoms with Crippen molar-refractivity contribution in [3.8, 4) is 0 Å². The number of amides is 1. The Bertz CT molecular complexity index is 850. The number of nitrogens with zero attached hydrogens (tertiary/aromatic N) is 1. The number of alkyl halides is 3. The van der Waals surface area contributed by atoms with E-state index in [0.717, 1.165) is 25.3 Å². The Hall–Kier alpha value is -2.05. The van der Waals surface area contributed by atoms with Crippen LogP contribution in [0.2, 0.25) is 0 Å². The molecule has 0 radical (unpaired) electrons. The average Bonchev–Trinajstić information content (AvgIpc) is 2.95. The lowest BCUT2D eigenvalue weighted by molar-refractivity contribution is -0.140. The van der Waals surface area contributed by atoms with Crippen LogP contribution in [0.4, 0.5) is 19.0 Å². The van der Waals surface area contributed by atoms with Crippen LogP contribution in [0.3, 0.4) is 0 Å². The lowest BCUT2D eigenvalue weighted by Gasteiger charge is -2.55. The summed E-state index contributed by atoms with van der Waals surface area (Å²) in [4.78, 5) is 13.1. The van der Waals surface area contributed by atoms with Crippen LogP contribution in [0.25, 0.3) is 10.9 Å². The van der Waals surface area contributed by atoms with Crippen molar-refractivity contribution in [2.45, 2.75) is 44.7 Å². The zero-order valence-corrected chi connectivity index (χ0v) is 14.2. The Kier molecular flexibility index (Phi) is 3.25. The Labute approximate surface area is 148 Å². The summed E-state index contributed by atoms with van der Waals surface area (Å²) in [6, 6.07) is 3.93. The van der Waals surface area contributed by atoms with E-state index in [0.29, 0.717) is 23.1 Å². The first kappa shape index (κ1) is 16.1. The third-order valence-corrected chi connectivity index (χ3v) is 6.66. The number of rotatable bonds is 2. The second-order valence-corrected chi connectivity index (χ2v) is 8.45. The predicted molar refractivity (Wildman–Crippen MR) is 90.3 cm³/mol. The quantitative estimate of drug-likeness (QED) is 0.810. The van der Waals surface area contributed by atoms with Crippen molar-refractivity contribution in [1.82, 2.24) is 10.2 Å². The smallest absolute Gasteiger partial charge is 0.308 e. The van der Waals surface area contributed by atoms with E-state index in [2.05, 4.69) is 15.5 Å². The van der Waals surface area contributed by atoms with Crippen molar-refractivity contribution >= 4 is 22.6 Å². The molecule has 0 unspecified atom stereocenters. The van der Waals surface area contributed by atoms with Crippen LogP contribution >= 0.6 is 0 Å². The lowest BCUT2D eigenvalue weighted by atomic mass is 9.49. The van der Waals surface area contributed by atoms with Gasteiger partial charge in [0.15, 0.2) is 5.82 Å². The molecule has 4 nitrogen and oxygen atoms in total. The minimum atomic E-state index is -4.47. The molecule has 4 fully saturated rings. The number of hydrogen-bond acceptors (Lipinski definition) is 2. The number of aromatic amines is 1. The highest BCUT2D eigenvalue weighted by atomic mass is 19.4. The average molecular weight is 363 g/mol. The Morgan fingerprint density at radius 1 is 1.12 bits per heavy atom. The number of carbonyl (C=O) groups excluding carboxylic acids is 1. The van der Waals surface area contributed by atoms with Gasteiger partial charge in [0.2, 0.25) is 5.91 Å². The van der Waals surface area contributed by atoms with E-state index >= 15 is 0 Å². The van der Waals surface area contributed by atoms with Gasteiger partial charge in [-0.1, -0.05) is 6.07 Å². The topological polar surface area (TPSA) is 57.8 Å². The van der Waals surface area contributed by atoms with Crippen molar-refractivity contribution in [1.29, 1.82) is 0 Å². The largest absolute Gasteiger partial charge is 0.418 e. The number of nitrogens with one attached hydrogen (secondary N) is 2. The number of H-pyrrole nitrogens is 1. The number of aromatic nitrogens is 2. The van der Waals surface area contributed by atoms with Gasteiger partial charge in [0, 0.05) is 5.39 Å². The SMILES string of the molecule is O=C(Nc1n[nH]c2c(C(F)(F)F)cccc12)C12CC3CC(CC(C3)C1)C2. The molecule has 0 aliphatic heterocycles. The molecule has 1 aromatic carbocycles. The van der Waals surface area contributed by atoms with Crippen LogP contribution in [0, 0.1) is 23.2 Å². The number of anilines is 1. The molecular weight excluding hydrogens is 343 g/mol. The molecule has 1 amide bonds. The van der Waals surface area contributed by atoms with E-state index in [9.17, 15) is 18.0 Å². The summed E-state index contributed by atoms with van der Waals surface area (Å²) in [7, 11) is 0. The zero-order chi connectivity index (χ0) is 18.1. The molecule has 1 aromatic heterocycles. The maximum Gasteiger partial charge on any atom is 0.418 e. The molecule has 2 aromatic rings. The fraction of sp³-hybridized carbons (Fsp3) is 0.579. The number of halogens is 3. The first-order valence-electron chi connectivity index (χ1n) is 9.20. The van der Waals surface area contributed by atoms with Crippen molar-refractivity contribution in [2.24, 2.45) is 23.2 Å². The number of hydrogen-bond donors (Lipinski definition) is 2. The van der Waals surface area contributed by atoms with E-state index in [4.69, 9.17) is 0 Å². The van der Waals surface area contributed by atoms with Gasteiger partial charge in [-0.05, 0) is 68.4 Å². The Balaban J connectivity index is 1.46. The Morgan fingerprint density at radius 2 is 1.73 bits per heavy atom. The summed E-state index contributed by atoms with van der Waals surface area (Å²) < 4.78 is 39.5. The highest BCUT2D eigenvalue weighted by Crippen LogP contribution is 2.60. The fourth-order valence-electron chi connectivity index (χ4n) is 6.00. The van der Waals surface area contributed by atoms with Crippen LogP contribution in [-0.4, -0.2) is 16.1 Å². The molecule has 7 heteroatoms. The van der Waals surface area contributed by atoms with Crippen molar-refractivity contribution in [2.75, 3.05) is 5.32 Å². The minimum absolute atomic E-state index is 0.0672. The third-order valence-electron chi connectivity index (χ3n) is 6.66. The molecule has 4 saturated carbocycles. The van der Waals surface area contributed by atoms with E-state index in [1.165, 1.54) is 25.3 Å². The second kappa shape index (κ2) is 5.24. The number of fused-ring (bicyclic) bond motifs is 1. The summed E-state index contributed by atoms with van der Waals surface area (Å²) in [6.07, 6.45) is 1.93. The lowest BCUT2D eigenvalue weighted by Crippen LogP contribution is -2.51. The van der Waals surface area contributed by atoms with Crippen LogP contribution in [0.15, 0.2) is 18.2 Å². The molecule has 4 aliphatic rings. The Morgan fingerprint density at radius 3 is 2.31 bits per heavy atom. The van der Waals surface area contributed by atoms with Crippen LogP contribution < -0.4 is 5.32 Å². The van der Waals surface area contributed by atoms with Gasteiger partial charge in [-0.25, -0.2) is 0 Å². The van der Waals surface area contributed by atoms with E-state index < -0.39 is 11.7 Å². The highest BCUT2D eigenvalue weighted by Gasteiger charge is 2.54. The van der Waals surface area contributed by atoms with Gasteiger partial charge < -0.3 is 5.32 Å². The maximum atomic E-state index is 13.2. The van der Waals surface area contributed by atoms with Crippen LogP contribution in [0.5, 0.6) is 0 Å². The molecule has 6 rings (SSSR count). The summed E-state index contributed by atoms with van der Waals surface area (Å²) in [6.45, 7) is 0. The van der Waals surface area contributed by atoms with Gasteiger partial charge in [0.25, 0.3) is 0 Å². The molecule has 2 N–H and O–H groups in total.